The van der Waals surface area contributed by atoms with Gasteiger partial charge >= 0.3 is 5.56 Å². The summed E-state index contributed by atoms with van der Waals surface area (Å²) in [5.41, 5.74) is 1.47. The van der Waals surface area contributed by atoms with Gasteiger partial charge in [-0.2, -0.15) is 14.1 Å². The van der Waals surface area contributed by atoms with Crippen molar-refractivity contribution in [2.45, 2.75) is 18.7 Å². The zero-order chi connectivity index (χ0) is 26.6. The van der Waals surface area contributed by atoms with E-state index in [2.05, 4.69) is 5.10 Å². The quantitative estimate of drug-likeness (QED) is 0.390. The second kappa shape index (κ2) is 11.4. The minimum Gasteiger partial charge on any atom is -0.484 e. The molecule has 1 fully saturated rings. The summed E-state index contributed by atoms with van der Waals surface area (Å²) in [7, 11) is -4.39. The molecule has 0 saturated carbocycles. The number of anilines is 1. The number of benzene rings is 2. The predicted octanol–water partition coefficient (Wildman–Crippen LogP) is 2.75. The number of ether oxygens (including phenoxy) is 2. The van der Waals surface area contributed by atoms with Crippen LogP contribution in [0.15, 0.2) is 58.4 Å². The molecule has 198 valence electrons. The summed E-state index contributed by atoms with van der Waals surface area (Å²) in [4.78, 5) is 14.2. The van der Waals surface area contributed by atoms with Crippen LogP contribution < -0.4 is 15.2 Å². The second-order valence-corrected chi connectivity index (χ2v) is 10.3. The summed E-state index contributed by atoms with van der Waals surface area (Å²) >= 11 is 0. The molecule has 0 bridgehead atoms. The topological polar surface area (TPSA) is 94.0 Å². The van der Waals surface area contributed by atoms with Crippen LogP contribution in [-0.2, 0) is 14.8 Å². The van der Waals surface area contributed by atoms with E-state index in [1.54, 1.807) is 11.0 Å². The Labute approximate surface area is 213 Å². The average molecular weight is 535 g/mol. The first-order valence-corrected chi connectivity index (χ1v) is 13.3. The van der Waals surface area contributed by atoms with Gasteiger partial charge in [0, 0.05) is 32.8 Å². The average Bonchev–Trinajstić information content (AvgIpc) is 2.87. The lowest BCUT2D eigenvalue weighted by molar-refractivity contribution is 0.109. The zero-order valence-electron chi connectivity index (χ0n) is 20.6. The monoisotopic (exact) mass is 534 g/mol. The highest BCUT2D eigenvalue weighted by Gasteiger charge is 2.34. The maximum Gasteiger partial charge on any atom is 0.316 e. The Kier molecular flexibility index (Phi) is 8.20. The second-order valence-electron chi connectivity index (χ2n) is 8.40. The number of aryl methyl sites for hydroxylation is 1. The summed E-state index contributed by atoms with van der Waals surface area (Å²) in [6, 6.07) is 10.2. The number of nitrogens with zero attached hydrogens (tertiary/aromatic N) is 4. The molecule has 2 heterocycles. The Morgan fingerprint density at radius 1 is 1.00 bits per heavy atom. The van der Waals surface area contributed by atoms with Gasteiger partial charge < -0.3 is 14.4 Å². The van der Waals surface area contributed by atoms with E-state index in [4.69, 9.17) is 9.47 Å². The molecule has 0 spiro atoms. The van der Waals surface area contributed by atoms with Crippen LogP contribution in [0, 0.1) is 18.6 Å². The van der Waals surface area contributed by atoms with Crippen LogP contribution in [0.25, 0.3) is 5.69 Å². The van der Waals surface area contributed by atoms with Crippen molar-refractivity contribution in [1.29, 1.82) is 0 Å². The molecular formula is C25H28F2N4O5S. The number of halogens is 2. The van der Waals surface area contributed by atoms with E-state index < -0.39 is 32.1 Å². The Balaban J connectivity index is 1.60. The van der Waals surface area contributed by atoms with Crippen LogP contribution in [0.4, 0.5) is 14.5 Å². The number of hydrogen-bond acceptors (Lipinski definition) is 7. The molecule has 0 atom stereocenters. The van der Waals surface area contributed by atoms with Crippen molar-refractivity contribution in [3.05, 3.63) is 76.2 Å². The first kappa shape index (κ1) is 26.7. The van der Waals surface area contributed by atoms with Gasteiger partial charge in [0.2, 0.25) is 15.8 Å². The largest absolute Gasteiger partial charge is 0.484 e. The molecule has 9 nitrogen and oxygen atoms in total. The summed E-state index contributed by atoms with van der Waals surface area (Å²) in [6.07, 6.45) is 1.50. The number of piperazine rings is 1. The van der Waals surface area contributed by atoms with Crippen molar-refractivity contribution < 1.29 is 26.7 Å². The molecule has 2 aromatic carbocycles. The summed E-state index contributed by atoms with van der Waals surface area (Å²) in [5.74, 6) is -2.22. The molecule has 4 rings (SSSR count). The van der Waals surface area contributed by atoms with E-state index in [9.17, 15) is 22.0 Å². The van der Waals surface area contributed by atoms with Gasteiger partial charge in [-0.25, -0.2) is 17.2 Å². The molecule has 1 aliphatic heterocycles. The van der Waals surface area contributed by atoms with Gasteiger partial charge in [-0.05, 0) is 43.7 Å². The first-order chi connectivity index (χ1) is 17.7. The minimum atomic E-state index is -4.39. The van der Waals surface area contributed by atoms with Crippen LogP contribution in [0.2, 0.25) is 0 Å². The van der Waals surface area contributed by atoms with E-state index >= 15 is 0 Å². The van der Waals surface area contributed by atoms with Crippen LogP contribution in [-0.4, -0.2) is 68.5 Å². The van der Waals surface area contributed by atoms with Gasteiger partial charge in [0.25, 0.3) is 0 Å². The van der Waals surface area contributed by atoms with Crippen molar-refractivity contribution in [2.75, 3.05) is 50.9 Å². The van der Waals surface area contributed by atoms with Crippen molar-refractivity contribution in [1.82, 2.24) is 14.1 Å². The highest BCUT2D eigenvalue weighted by atomic mass is 32.2. The van der Waals surface area contributed by atoms with Gasteiger partial charge in [0.15, 0.2) is 4.90 Å². The van der Waals surface area contributed by atoms with Crippen LogP contribution in [0.1, 0.15) is 12.5 Å². The van der Waals surface area contributed by atoms with Crippen molar-refractivity contribution >= 4 is 15.7 Å². The smallest absolute Gasteiger partial charge is 0.316 e. The van der Waals surface area contributed by atoms with Gasteiger partial charge in [-0.1, -0.05) is 18.2 Å². The van der Waals surface area contributed by atoms with Crippen LogP contribution in [0.5, 0.6) is 5.75 Å². The number of hydrogen-bond donors (Lipinski definition) is 0. The summed E-state index contributed by atoms with van der Waals surface area (Å²) < 4.78 is 67.7. The highest BCUT2D eigenvalue weighted by Crippen LogP contribution is 2.28. The van der Waals surface area contributed by atoms with E-state index in [1.807, 2.05) is 32.0 Å². The Hall–Kier alpha value is -3.35. The minimum absolute atomic E-state index is 0.0462. The third kappa shape index (κ3) is 5.65. The summed E-state index contributed by atoms with van der Waals surface area (Å²) in [6.45, 7) is 4.90. The molecule has 1 aliphatic rings. The molecule has 0 radical (unpaired) electrons. The molecule has 0 aliphatic carbocycles. The highest BCUT2D eigenvalue weighted by molar-refractivity contribution is 7.89. The molecule has 37 heavy (non-hydrogen) atoms. The molecular weight excluding hydrogens is 506 g/mol. The SMILES string of the molecule is CCOCCOc1c(N2CCN(S(=O)(=O)c3c(F)cccc3F)CC2)cnn(-c2cccc(C)c2)c1=O. The third-order valence-corrected chi connectivity index (χ3v) is 7.89. The predicted molar refractivity (Wildman–Crippen MR) is 134 cm³/mol. The van der Waals surface area contributed by atoms with Gasteiger partial charge in [-0.3, -0.25) is 4.79 Å². The fourth-order valence-corrected chi connectivity index (χ4v) is 5.64. The fraction of sp³-hybridized carbons (Fsp3) is 0.360. The Morgan fingerprint density at radius 3 is 2.32 bits per heavy atom. The van der Waals surface area contributed by atoms with Gasteiger partial charge in [0.05, 0.1) is 18.5 Å². The normalized spacial score (nSPS) is 14.6. The van der Waals surface area contributed by atoms with Crippen molar-refractivity contribution in [2.24, 2.45) is 0 Å². The first-order valence-electron chi connectivity index (χ1n) is 11.8. The fourth-order valence-electron chi connectivity index (χ4n) is 4.11. The molecule has 12 heteroatoms. The number of rotatable bonds is 9. The van der Waals surface area contributed by atoms with E-state index in [0.717, 1.165) is 28.1 Å². The number of aromatic nitrogens is 2. The Morgan fingerprint density at radius 2 is 1.68 bits per heavy atom. The molecule has 1 saturated heterocycles. The van der Waals surface area contributed by atoms with Crippen LogP contribution >= 0.6 is 0 Å². The molecule has 0 amide bonds. The summed E-state index contributed by atoms with van der Waals surface area (Å²) in [5, 5.41) is 4.33. The maximum atomic E-state index is 14.2. The molecule has 0 N–H and O–H groups in total. The van der Waals surface area contributed by atoms with E-state index in [0.29, 0.717) is 18.0 Å². The Bertz CT molecular complexity index is 1400. The molecule has 1 aromatic heterocycles. The van der Waals surface area contributed by atoms with Crippen molar-refractivity contribution in [3.63, 3.8) is 0 Å². The number of sulfonamides is 1. The maximum absolute atomic E-state index is 14.2. The standard InChI is InChI=1S/C25H28F2N4O5S/c1-3-35-14-15-36-23-22(17-28-31(25(23)32)19-7-4-6-18(2)16-19)29-10-12-30(13-11-29)37(33,34)24-20(26)8-5-9-21(24)27/h4-9,16-17H,3,10-15H2,1-2H3. The van der Waals surface area contributed by atoms with E-state index in [-0.39, 0.29) is 45.1 Å². The van der Waals surface area contributed by atoms with Gasteiger partial charge in [-0.15, -0.1) is 0 Å². The molecule has 0 unspecified atom stereocenters. The van der Waals surface area contributed by atoms with Crippen LogP contribution in [0.3, 0.4) is 0 Å². The lowest BCUT2D eigenvalue weighted by Crippen LogP contribution is -2.49. The molecule has 3 aromatic rings. The lowest BCUT2D eigenvalue weighted by atomic mass is 10.2. The lowest BCUT2D eigenvalue weighted by Gasteiger charge is -2.35. The van der Waals surface area contributed by atoms with Crippen molar-refractivity contribution in [3.8, 4) is 11.4 Å². The van der Waals surface area contributed by atoms with E-state index in [1.165, 1.54) is 10.9 Å². The zero-order valence-corrected chi connectivity index (χ0v) is 21.4. The van der Waals surface area contributed by atoms with Gasteiger partial charge in [0.1, 0.15) is 23.9 Å². The third-order valence-electron chi connectivity index (χ3n) is 5.94.